The molecule has 0 spiro atoms. The van der Waals surface area contributed by atoms with Gasteiger partial charge in [-0.3, -0.25) is 9.79 Å². The number of amidine groups is 1. The summed E-state index contributed by atoms with van der Waals surface area (Å²) in [4.78, 5) is 16.6. The lowest BCUT2D eigenvalue weighted by molar-refractivity contribution is -0.113. The van der Waals surface area contributed by atoms with E-state index in [2.05, 4.69) is 22.4 Å². The van der Waals surface area contributed by atoms with Crippen LogP contribution < -0.4 is 11.1 Å². The lowest BCUT2D eigenvalue weighted by Crippen LogP contribution is -2.41. The molecule has 8 heteroatoms. The van der Waals surface area contributed by atoms with Crippen molar-refractivity contribution in [1.29, 1.82) is 10.5 Å². The van der Waals surface area contributed by atoms with Crippen molar-refractivity contribution in [2.45, 2.75) is 11.3 Å². The Balaban J connectivity index is 1.75. The minimum atomic E-state index is -0.702. The number of nitriles is 2. The molecule has 2 aromatic carbocycles. The number of hydrogen-bond acceptors (Lipinski definition) is 6. The van der Waals surface area contributed by atoms with E-state index in [1.165, 1.54) is 36.0 Å². The fourth-order valence-corrected chi connectivity index (χ4v) is 4.30. The van der Waals surface area contributed by atoms with E-state index in [-0.39, 0.29) is 23.3 Å². The molecule has 6 nitrogen and oxygen atoms in total. The highest BCUT2D eigenvalue weighted by atomic mass is 32.2. The van der Waals surface area contributed by atoms with Crippen LogP contribution in [-0.4, -0.2) is 22.9 Å². The molecule has 0 fully saturated rings. The summed E-state index contributed by atoms with van der Waals surface area (Å²) < 4.78 is 13.0. The molecule has 4 atom stereocenters. The normalized spacial score (nSPS) is 23.3. The minimum absolute atomic E-state index is 0.0374. The van der Waals surface area contributed by atoms with Gasteiger partial charge in [0.05, 0.1) is 23.8 Å². The summed E-state index contributed by atoms with van der Waals surface area (Å²) in [6.07, 6.45) is 0. The Morgan fingerprint density at radius 1 is 1.14 bits per heavy atom. The SMILES string of the molecule is N#CC1C(N)=NC(SCC(=O)Nc2ccc(F)cc2)C(C#N)C1c1ccccc1. The first-order valence-corrected chi connectivity index (χ1v) is 9.92. The summed E-state index contributed by atoms with van der Waals surface area (Å²) in [6.45, 7) is 0. The van der Waals surface area contributed by atoms with Crippen LogP contribution in [0.1, 0.15) is 11.5 Å². The number of nitrogens with zero attached hydrogens (tertiary/aromatic N) is 3. The van der Waals surface area contributed by atoms with Gasteiger partial charge in [-0.1, -0.05) is 30.3 Å². The first kappa shape index (κ1) is 20.4. The standard InChI is InChI=1S/C21H18FN5OS/c22-14-6-8-15(9-7-14)26-18(28)12-29-21-17(11-24)19(13-4-2-1-3-5-13)16(10-23)20(25)27-21/h1-9,16-17,19,21H,12H2,(H2,25,27)(H,26,28). The Morgan fingerprint density at radius 3 is 2.45 bits per heavy atom. The van der Waals surface area contributed by atoms with E-state index in [0.29, 0.717) is 5.69 Å². The number of carbonyl (C=O) groups excluding carboxylic acids is 1. The molecule has 2 aromatic rings. The average Bonchev–Trinajstić information content (AvgIpc) is 2.74. The van der Waals surface area contributed by atoms with Crippen LogP contribution in [0.25, 0.3) is 0 Å². The van der Waals surface area contributed by atoms with Crippen LogP contribution in [0, 0.1) is 40.3 Å². The number of thioether (sulfide) groups is 1. The van der Waals surface area contributed by atoms with Crippen molar-refractivity contribution in [3.8, 4) is 12.1 Å². The van der Waals surface area contributed by atoms with Gasteiger partial charge in [0.25, 0.3) is 0 Å². The Morgan fingerprint density at radius 2 is 1.83 bits per heavy atom. The van der Waals surface area contributed by atoms with Crippen molar-refractivity contribution in [2.75, 3.05) is 11.1 Å². The van der Waals surface area contributed by atoms with E-state index >= 15 is 0 Å². The Bertz CT molecular complexity index is 981. The highest BCUT2D eigenvalue weighted by Crippen LogP contribution is 2.41. The average molecular weight is 407 g/mol. The minimum Gasteiger partial charge on any atom is -0.386 e. The Labute approximate surface area is 172 Å². The number of anilines is 1. The topological polar surface area (TPSA) is 115 Å². The van der Waals surface area contributed by atoms with Gasteiger partial charge in [0.2, 0.25) is 5.91 Å². The third kappa shape index (κ3) is 4.74. The fraction of sp³-hybridized carbons (Fsp3) is 0.238. The van der Waals surface area contributed by atoms with Crippen LogP contribution in [0.4, 0.5) is 10.1 Å². The van der Waals surface area contributed by atoms with Crippen molar-refractivity contribution in [3.05, 3.63) is 66.0 Å². The largest absolute Gasteiger partial charge is 0.386 e. The summed E-state index contributed by atoms with van der Waals surface area (Å²) in [5, 5.41) is 21.5. The molecule has 1 aliphatic heterocycles. The first-order valence-electron chi connectivity index (χ1n) is 8.88. The van der Waals surface area contributed by atoms with E-state index in [1.54, 1.807) is 0 Å². The third-order valence-corrected chi connectivity index (χ3v) is 5.80. The van der Waals surface area contributed by atoms with Crippen LogP contribution in [-0.2, 0) is 4.79 Å². The number of rotatable bonds is 5. The maximum absolute atomic E-state index is 13.0. The molecule has 1 aliphatic rings. The Hall–Kier alpha value is -3.36. The second-order valence-electron chi connectivity index (χ2n) is 6.51. The number of amides is 1. The maximum atomic E-state index is 13.0. The summed E-state index contributed by atoms with van der Waals surface area (Å²) in [6, 6.07) is 19.1. The molecule has 146 valence electrons. The monoisotopic (exact) mass is 407 g/mol. The van der Waals surface area contributed by atoms with Gasteiger partial charge in [-0.15, -0.1) is 11.8 Å². The number of aliphatic imine (C=N–C) groups is 1. The predicted molar refractivity (Wildman–Crippen MR) is 110 cm³/mol. The second kappa shape index (κ2) is 9.22. The molecule has 0 aliphatic carbocycles. The van der Waals surface area contributed by atoms with Crippen molar-refractivity contribution < 1.29 is 9.18 Å². The Kier molecular flexibility index (Phi) is 6.48. The number of carbonyl (C=O) groups is 1. The molecule has 1 heterocycles. The van der Waals surface area contributed by atoms with Gasteiger partial charge < -0.3 is 11.1 Å². The molecular weight excluding hydrogens is 389 g/mol. The summed E-state index contributed by atoms with van der Waals surface area (Å²) >= 11 is 1.19. The van der Waals surface area contributed by atoms with Crippen molar-refractivity contribution in [2.24, 2.45) is 22.6 Å². The van der Waals surface area contributed by atoms with Crippen molar-refractivity contribution in [3.63, 3.8) is 0 Å². The van der Waals surface area contributed by atoms with Crippen LogP contribution in [0.2, 0.25) is 0 Å². The van der Waals surface area contributed by atoms with Crippen LogP contribution in [0.3, 0.4) is 0 Å². The maximum Gasteiger partial charge on any atom is 0.234 e. The second-order valence-corrected chi connectivity index (χ2v) is 7.61. The zero-order valence-corrected chi connectivity index (χ0v) is 16.1. The van der Waals surface area contributed by atoms with Gasteiger partial charge in [0.15, 0.2) is 0 Å². The van der Waals surface area contributed by atoms with Gasteiger partial charge in [0.1, 0.15) is 22.9 Å². The number of hydrogen-bond donors (Lipinski definition) is 2. The molecule has 29 heavy (non-hydrogen) atoms. The van der Waals surface area contributed by atoms with E-state index in [1.807, 2.05) is 30.3 Å². The molecular formula is C21H18FN5OS. The highest BCUT2D eigenvalue weighted by Gasteiger charge is 2.42. The number of nitrogens with one attached hydrogen (secondary N) is 1. The first-order chi connectivity index (χ1) is 14.0. The van der Waals surface area contributed by atoms with Gasteiger partial charge in [-0.05, 0) is 29.8 Å². The van der Waals surface area contributed by atoms with E-state index in [0.717, 1.165) is 5.56 Å². The number of halogens is 1. The van der Waals surface area contributed by atoms with Gasteiger partial charge in [0, 0.05) is 11.6 Å². The molecule has 0 aromatic heterocycles. The van der Waals surface area contributed by atoms with Gasteiger partial charge >= 0.3 is 0 Å². The summed E-state index contributed by atoms with van der Waals surface area (Å²) in [7, 11) is 0. The molecule has 1 amide bonds. The smallest absolute Gasteiger partial charge is 0.234 e. The predicted octanol–water partition coefficient (Wildman–Crippen LogP) is 3.26. The van der Waals surface area contributed by atoms with Gasteiger partial charge in [-0.25, -0.2) is 4.39 Å². The van der Waals surface area contributed by atoms with E-state index in [9.17, 15) is 19.7 Å². The molecule has 0 radical (unpaired) electrons. The number of benzene rings is 2. The highest BCUT2D eigenvalue weighted by molar-refractivity contribution is 8.00. The van der Waals surface area contributed by atoms with Crippen molar-refractivity contribution >= 4 is 29.2 Å². The molecule has 3 rings (SSSR count). The van der Waals surface area contributed by atoms with Crippen LogP contribution in [0.5, 0.6) is 0 Å². The third-order valence-electron chi connectivity index (χ3n) is 4.63. The lowest BCUT2D eigenvalue weighted by atomic mass is 9.75. The lowest BCUT2D eigenvalue weighted by Gasteiger charge is -2.34. The molecule has 3 N–H and O–H groups in total. The quantitative estimate of drug-likeness (QED) is 0.789. The molecule has 0 saturated carbocycles. The summed E-state index contributed by atoms with van der Waals surface area (Å²) in [5.41, 5.74) is 7.35. The number of nitrogens with two attached hydrogens (primary N) is 1. The summed E-state index contributed by atoms with van der Waals surface area (Å²) in [5.74, 6) is -2.23. The van der Waals surface area contributed by atoms with Crippen LogP contribution in [0.15, 0.2) is 59.6 Å². The van der Waals surface area contributed by atoms with E-state index < -0.39 is 23.1 Å². The fourth-order valence-electron chi connectivity index (χ4n) is 3.27. The van der Waals surface area contributed by atoms with Crippen LogP contribution >= 0.6 is 11.8 Å². The molecule has 4 unspecified atom stereocenters. The van der Waals surface area contributed by atoms with Crippen molar-refractivity contribution in [1.82, 2.24) is 0 Å². The molecule has 0 saturated heterocycles. The van der Waals surface area contributed by atoms with Gasteiger partial charge in [-0.2, -0.15) is 10.5 Å². The zero-order chi connectivity index (χ0) is 20.8. The van der Waals surface area contributed by atoms with E-state index in [4.69, 9.17) is 5.73 Å². The molecule has 0 bridgehead atoms. The zero-order valence-electron chi connectivity index (χ0n) is 15.3.